The lowest BCUT2D eigenvalue weighted by Gasteiger charge is -2.12. The van der Waals surface area contributed by atoms with E-state index in [9.17, 15) is 0 Å². The molecule has 4 heteroatoms. The predicted molar refractivity (Wildman–Crippen MR) is 75.6 cm³/mol. The summed E-state index contributed by atoms with van der Waals surface area (Å²) < 4.78 is 11.4. The molecule has 0 aliphatic carbocycles. The molecule has 1 unspecified atom stereocenters. The van der Waals surface area contributed by atoms with Crippen molar-refractivity contribution in [2.75, 3.05) is 33.8 Å². The van der Waals surface area contributed by atoms with E-state index in [-0.39, 0.29) is 0 Å². The second-order valence-electron chi connectivity index (χ2n) is 5.13. The maximum absolute atomic E-state index is 6.01. The topological polar surface area (TPSA) is 37.6 Å². The highest BCUT2D eigenvalue weighted by atomic mass is 16.5. The molecule has 0 spiro atoms. The number of nitrogens with zero attached hydrogens (tertiary/aromatic N) is 1. The summed E-state index contributed by atoms with van der Waals surface area (Å²) in [4.78, 5) is 2.34. The van der Waals surface area contributed by atoms with Crippen molar-refractivity contribution in [3.8, 4) is 5.75 Å². The van der Waals surface area contributed by atoms with Gasteiger partial charge < -0.3 is 19.4 Å². The van der Waals surface area contributed by atoms with Gasteiger partial charge in [0, 0.05) is 18.5 Å². The second kappa shape index (κ2) is 5.23. The van der Waals surface area contributed by atoms with Gasteiger partial charge in [0.15, 0.2) is 11.3 Å². The molecule has 102 valence electrons. The average Bonchev–Trinajstić information content (AvgIpc) is 2.74. The van der Waals surface area contributed by atoms with Crippen LogP contribution < -0.4 is 10.1 Å². The Balaban J connectivity index is 1.92. The number of ether oxygens (including phenoxy) is 1. The van der Waals surface area contributed by atoms with E-state index < -0.39 is 0 Å². The van der Waals surface area contributed by atoms with E-state index in [0.29, 0.717) is 6.04 Å². The lowest BCUT2D eigenvalue weighted by molar-refractivity contribution is 0.350. The van der Waals surface area contributed by atoms with Gasteiger partial charge in [0.05, 0.1) is 13.2 Å². The van der Waals surface area contributed by atoms with Crippen LogP contribution in [0.4, 0.5) is 0 Å². The molecule has 0 saturated carbocycles. The first-order valence-corrected chi connectivity index (χ1v) is 6.76. The van der Waals surface area contributed by atoms with Crippen LogP contribution in [0.15, 0.2) is 28.7 Å². The zero-order valence-corrected chi connectivity index (χ0v) is 11.5. The van der Waals surface area contributed by atoms with E-state index in [2.05, 4.69) is 29.4 Å². The van der Waals surface area contributed by atoms with Gasteiger partial charge in [-0.05, 0) is 32.1 Å². The molecule has 1 aliphatic heterocycles. The highest BCUT2D eigenvalue weighted by molar-refractivity contribution is 5.83. The van der Waals surface area contributed by atoms with Crippen LogP contribution in [0.2, 0.25) is 0 Å². The quantitative estimate of drug-likeness (QED) is 0.900. The summed E-state index contributed by atoms with van der Waals surface area (Å²) in [5.41, 5.74) is 0.847. The van der Waals surface area contributed by atoms with Gasteiger partial charge in [0.1, 0.15) is 5.76 Å². The molecule has 0 bridgehead atoms. The first-order valence-electron chi connectivity index (χ1n) is 6.76. The minimum absolute atomic E-state index is 0.294. The Morgan fingerprint density at radius 1 is 1.37 bits per heavy atom. The van der Waals surface area contributed by atoms with E-state index in [0.717, 1.165) is 48.5 Å². The van der Waals surface area contributed by atoms with Crippen LogP contribution in [0, 0.1) is 0 Å². The van der Waals surface area contributed by atoms with Crippen molar-refractivity contribution in [2.24, 2.45) is 0 Å². The van der Waals surface area contributed by atoms with Crippen molar-refractivity contribution in [3.63, 3.8) is 0 Å². The molecule has 19 heavy (non-hydrogen) atoms. The molecule has 1 atom stereocenters. The fourth-order valence-electron chi connectivity index (χ4n) is 2.62. The van der Waals surface area contributed by atoms with Crippen molar-refractivity contribution in [1.82, 2.24) is 10.2 Å². The van der Waals surface area contributed by atoms with Crippen LogP contribution in [0.5, 0.6) is 5.75 Å². The summed E-state index contributed by atoms with van der Waals surface area (Å²) >= 11 is 0. The molecular weight excluding hydrogens is 240 g/mol. The van der Waals surface area contributed by atoms with Crippen LogP contribution in [0.1, 0.15) is 18.2 Å². The van der Waals surface area contributed by atoms with E-state index in [1.165, 1.54) is 0 Å². The molecule has 1 aliphatic rings. The summed E-state index contributed by atoms with van der Waals surface area (Å²) in [6.45, 7) is 3.17. The largest absolute Gasteiger partial charge is 0.493 e. The molecule has 0 amide bonds. The monoisotopic (exact) mass is 260 g/mol. The summed E-state index contributed by atoms with van der Waals surface area (Å²) in [5.74, 6) is 1.81. The van der Waals surface area contributed by atoms with Crippen molar-refractivity contribution in [3.05, 3.63) is 30.0 Å². The molecule has 1 aromatic carbocycles. The standard InChI is InChI=1S/C15H20N2O2/c1-17-8-6-12(16-7-9-17)14-10-11-4-3-5-13(18-2)15(11)19-14/h3-5,10,12,16H,6-9H2,1-2H3. The number of furan rings is 1. The molecule has 1 aromatic heterocycles. The molecule has 4 nitrogen and oxygen atoms in total. The Labute approximate surface area is 113 Å². The van der Waals surface area contributed by atoms with Gasteiger partial charge in [-0.1, -0.05) is 12.1 Å². The zero-order chi connectivity index (χ0) is 13.2. The molecule has 1 fully saturated rings. The number of fused-ring (bicyclic) bond motifs is 1. The van der Waals surface area contributed by atoms with Crippen LogP contribution in [-0.4, -0.2) is 38.7 Å². The number of rotatable bonds is 2. The fourth-order valence-corrected chi connectivity index (χ4v) is 2.62. The first kappa shape index (κ1) is 12.5. The summed E-state index contributed by atoms with van der Waals surface area (Å²) in [5, 5.41) is 4.66. The highest BCUT2D eigenvalue weighted by Gasteiger charge is 2.20. The van der Waals surface area contributed by atoms with Gasteiger partial charge in [-0.3, -0.25) is 0 Å². The van der Waals surface area contributed by atoms with Crippen LogP contribution >= 0.6 is 0 Å². The third-order valence-corrected chi connectivity index (χ3v) is 3.77. The Morgan fingerprint density at radius 2 is 2.26 bits per heavy atom. The van der Waals surface area contributed by atoms with Crippen LogP contribution in [0.25, 0.3) is 11.0 Å². The third-order valence-electron chi connectivity index (χ3n) is 3.77. The molecule has 2 heterocycles. The maximum atomic E-state index is 6.01. The lowest BCUT2D eigenvalue weighted by Crippen LogP contribution is -2.24. The number of hydrogen-bond acceptors (Lipinski definition) is 4. The molecule has 2 aromatic rings. The Morgan fingerprint density at radius 3 is 3.11 bits per heavy atom. The van der Waals surface area contributed by atoms with Gasteiger partial charge in [-0.25, -0.2) is 0 Å². The SMILES string of the molecule is COc1cccc2cc(C3CCN(C)CCN3)oc12. The van der Waals surface area contributed by atoms with E-state index in [4.69, 9.17) is 9.15 Å². The average molecular weight is 260 g/mol. The number of methoxy groups -OCH3 is 1. The Bertz CT molecular complexity index is 564. The van der Waals surface area contributed by atoms with Crippen molar-refractivity contribution < 1.29 is 9.15 Å². The molecule has 3 rings (SSSR count). The first-order chi connectivity index (χ1) is 9.28. The lowest BCUT2D eigenvalue weighted by atomic mass is 10.1. The third kappa shape index (κ3) is 2.46. The van der Waals surface area contributed by atoms with Gasteiger partial charge in [0.2, 0.25) is 0 Å². The summed E-state index contributed by atoms with van der Waals surface area (Å²) in [7, 11) is 3.83. The molecule has 0 radical (unpaired) electrons. The molecule has 1 N–H and O–H groups in total. The maximum Gasteiger partial charge on any atom is 0.176 e. The molecular formula is C15H20N2O2. The summed E-state index contributed by atoms with van der Waals surface area (Å²) in [6, 6.07) is 8.41. The van der Waals surface area contributed by atoms with Gasteiger partial charge in [-0.15, -0.1) is 0 Å². The fraction of sp³-hybridized carbons (Fsp3) is 0.467. The van der Waals surface area contributed by atoms with Crippen molar-refractivity contribution >= 4 is 11.0 Å². The number of benzene rings is 1. The number of hydrogen-bond donors (Lipinski definition) is 1. The number of para-hydroxylation sites is 1. The van der Waals surface area contributed by atoms with E-state index in [1.807, 2.05) is 12.1 Å². The van der Waals surface area contributed by atoms with E-state index in [1.54, 1.807) is 7.11 Å². The smallest absolute Gasteiger partial charge is 0.176 e. The Kier molecular flexibility index (Phi) is 3.44. The zero-order valence-electron chi connectivity index (χ0n) is 11.5. The van der Waals surface area contributed by atoms with Gasteiger partial charge in [0.25, 0.3) is 0 Å². The highest BCUT2D eigenvalue weighted by Crippen LogP contribution is 2.32. The number of nitrogens with one attached hydrogen (secondary N) is 1. The van der Waals surface area contributed by atoms with Gasteiger partial charge in [-0.2, -0.15) is 0 Å². The summed E-state index contributed by atoms with van der Waals surface area (Å²) in [6.07, 6.45) is 1.07. The minimum Gasteiger partial charge on any atom is -0.493 e. The molecule has 1 saturated heterocycles. The predicted octanol–water partition coefficient (Wildman–Crippen LogP) is 2.41. The van der Waals surface area contributed by atoms with E-state index >= 15 is 0 Å². The van der Waals surface area contributed by atoms with Crippen LogP contribution in [-0.2, 0) is 0 Å². The second-order valence-corrected chi connectivity index (χ2v) is 5.13. The van der Waals surface area contributed by atoms with Crippen LogP contribution in [0.3, 0.4) is 0 Å². The number of likely N-dealkylation sites (N-methyl/N-ethyl adjacent to an activating group) is 1. The Hall–Kier alpha value is -1.52. The van der Waals surface area contributed by atoms with Crippen molar-refractivity contribution in [1.29, 1.82) is 0 Å². The normalized spacial score (nSPS) is 21.5. The minimum atomic E-state index is 0.294. The van der Waals surface area contributed by atoms with Gasteiger partial charge >= 0.3 is 0 Å². The van der Waals surface area contributed by atoms with Crippen molar-refractivity contribution in [2.45, 2.75) is 12.5 Å².